The van der Waals surface area contributed by atoms with Crippen molar-refractivity contribution in [3.05, 3.63) is 47.8 Å². The zero-order chi connectivity index (χ0) is 16.4. The van der Waals surface area contributed by atoms with Gasteiger partial charge in [0.25, 0.3) is 5.91 Å². The molecule has 23 heavy (non-hydrogen) atoms. The highest BCUT2D eigenvalue weighted by atomic mass is 16.5. The molecule has 0 spiro atoms. The Bertz CT molecular complexity index is 683. The minimum absolute atomic E-state index is 0.120. The molecule has 1 aromatic carbocycles. The second-order valence-corrected chi connectivity index (χ2v) is 5.90. The van der Waals surface area contributed by atoms with Crippen LogP contribution in [-0.2, 0) is 7.05 Å². The Hall–Kier alpha value is -2.43. The summed E-state index contributed by atoms with van der Waals surface area (Å²) >= 11 is 0. The quantitative estimate of drug-likeness (QED) is 0.873. The molecule has 1 saturated heterocycles. The average Bonchev–Trinajstić information content (AvgIpc) is 2.94. The van der Waals surface area contributed by atoms with E-state index in [1.165, 1.54) is 5.69 Å². The van der Waals surface area contributed by atoms with Gasteiger partial charge in [0.15, 0.2) is 0 Å². The van der Waals surface area contributed by atoms with E-state index in [4.69, 9.17) is 4.74 Å². The topological polar surface area (TPSA) is 37.7 Å². The Morgan fingerprint density at radius 3 is 2.17 bits per heavy atom. The van der Waals surface area contributed by atoms with E-state index in [0.717, 1.165) is 43.3 Å². The highest BCUT2D eigenvalue weighted by molar-refractivity contribution is 5.93. The van der Waals surface area contributed by atoms with E-state index in [9.17, 15) is 4.79 Å². The summed E-state index contributed by atoms with van der Waals surface area (Å²) in [6, 6.07) is 12.0. The highest BCUT2D eigenvalue weighted by Gasteiger charge is 2.24. The van der Waals surface area contributed by atoms with Crippen LogP contribution in [0.15, 0.2) is 36.4 Å². The molecule has 0 saturated carbocycles. The van der Waals surface area contributed by atoms with Crippen LogP contribution in [0, 0.1) is 6.92 Å². The van der Waals surface area contributed by atoms with Gasteiger partial charge in [0.2, 0.25) is 0 Å². The van der Waals surface area contributed by atoms with E-state index in [1.807, 2.05) is 47.7 Å². The maximum absolute atomic E-state index is 12.6. The number of aromatic nitrogens is 1. The van der Waals surface area contributed by atoms with E-state index in [1.54, 1.807) is 7.11 Å². The van der Waals surface area contributed by atoms with Crippen LogP contribution < -0.4 is 9.64 Å². The number of carbonyl (C=O) groups is 1. The number of anilines is 1. The summed E-state index contributed by atoms with van der Waals surface area (Å²) in [7, 11) is 3.61. The second-order valence-electron chi connectivity index (χ2n) is 5.90. The Balaban J connectivity index is 1.63. The van der Waals surface area contributed by atoms with Crippen molar-refractivity contribution >= 4 is 11.6 Å². The third kappa shape index (κ3) is 3.04. The average molecular weight is 313 g/mol. The summed E-state index contributed by atoms with van der Waals surface area (Å²) in [5.41, 5.74) is 3.04. The SMILES string of the molecule is COc1ccc(N2CCN(C(=O)c3ccc(C)n3C)CC2)cc1. The number of amides is 1. The molecule has 5 heteroatoms. The molecule has 3 rings (SSSR count). The summed E-state index contributed by atoms with van der Waals surface area (Å²) in [6.45, 7) is 5.20. The molecule has 5 nitrogen and oxygen atoms in total. The monoisotopic (exact) mass is 313 g/mol. The molecule has 122 valence electrons. The van der Waals surface area contributed by atoms with Gasteiger partial charge < -0.3 is 19.1 Å². The van der Waals surface area contributed by atoms with Crippen LogP contribution in [0.3, 0.4) is 0 Å². The van der Waals surface area contributed by atoms with Crippen LogP contribution in [0.5, 0.6) is 5.75 Å². The third-order valence-corrected chi connectivity index (χ3v) is 4.60. The smallest absolute Gasteiger partial charge is 0.270 e. The first-order valence-corrected chi connectivity index (χ1v) is 7.91. The van der Waals surface area contributed by atoms with E-state index < -0.39 is 0 Å². The fourth-order valence-corrected chi connectivity index (χ4v) is 2.95. The van der Waals surface area contributed by atoms with Crippen molar-refractivity contribution < 1.29 is 9.53 Å². The first-order chi connectivity index (χ1) is 11.1. The molecule has 2 heterocycles. The van der Waals surface area contributed by atoms with Crippen LogP contribution in [0.25, 0.3) is 0 Å². The van der Waals surface area contributed by atoms with Crippen LogP contribution in [-0.4, -0.2) is 48.7 Å². The number of benzene rings is 1. The molecule has 0 bridgehead atoms. The predicted molar refractivity (Wildman–Crippen MR) is 91.3 cm³/mol. The summed E-state index contributed by atoms with van der Waals surface area (Å²) in [4.78, 5) is 16.9. The number of carbonyl (C=O) groups excluding carboxylic acids is 1. The molecule has 1 fully saturated rings. The third-order valence-electron chi connectivity index (χ3n) is 4.60. The number of hydrogen-bond donors (Lipinski definition) is 0. The zero-order valence-corrected chi connectivity index (χ0v) is 14.0. The molecule has 0 unspecified atom stereocenters. The molecular weight excluding hydrogens is 290 g/mol. The van der Waals surface area contributed by atoms with Gasteiger partial charge in [0.1, 0.15) is 11.4 Å². The maximum atomic E-state index is 12.6. The molecular formula is C18H23N3O2. The van der Waals surface area contributed by atoms with Gasteiger partial charge in [-0.25, -0.2) is 0 Å². The van der Waals surface area contributed by atoms with Gasteiger partial charge >= 0.3 is 0 Å². The number of aryl methyl sites for hydroxylation is 1. The Morgan fingerprint density at radius 2 is 1.65 bits per heavy atom. The lowest BCUT2D eigenvalue weighted by Crippen LogP contribution is -2.49. The molecule has 1 aliphatic heterocycles. The van der Waals surface area contributed by atoms with Gasteiger partial charge in [-0.2, -0.15) is 0 Å². The van der Waals surface area contributed by atoms with Crippen molar-refractivity contribution in [1.29, 1.82) is 0 Å². The molecule has 1 aromatic heterocycles. The fraction of sp³-hybridized carbons (Fsp3) is 0.389. The normalized spacial score (nSPS) is 14.9. The second kappa shape index (κ2) is 6.36. The number of piperazine rings is 1. The van der Waals surface area contributed by atoms with E-state index in [2.05, 4.69) is 17.0 Å². The van der Waals surface area contributed by atoms with Crippen molar-refractivity contribution in [3.63, 3.8) is 0 Å². The minimum Gasteiger partial charge on any atom is -0.497 e. The Kier molecular flexibility index (Phi) is 4.28. The number of nitrogens with zero attached hydrogens (tertiary/aromatic N) is 3. The van der Waals surface area contributed by atoms with Gasteiger partial charge in [-0.15, -0.1) is 0 Å². The van der Waals surface area contributed by atoms with Gasteiger partial charge in [-0.1, -0.05) is 0 Å². The van der Waals surface area contributed by atoms with E-state index >= 15 is 0 Å². The fourth-order valence-electron chi connectivity index (χ4n) is 2.95. The van der Waals surface area contributed by atoms with Gasteiger partial charge in [0.05, 0.1) is 7.11 Å². The van der Waals surface area contributed by atoms with Crippen LogP contribution in [0.2, 0.25) is 0 Å². The van der Waals surface area contributed by atoms with E-state index in [0.29, 0.717) is 0 Å². The summed E-state index contributed by atoms with van der Waals surface area (Å²) < 4.78 is 7.15. The molecule has 2 aromatic rings. The highest BCUT2D eigenvalue weighted by Crippen LogP contribution is 2.21. The Labute approximate surface area is 137 Å². The zero-order valence-electron chi connectivity index (χ0n) is 14.0. The number of methoxy groups -OCH3 is 1. The molecule has 0 atom stereocenters. The lowest BCUT2D eigenvalue weighted by atomic mass is 10.2. The Morgan fingerprint density at radius 1 is 1.00 bits per heavy atom. The minimum atomic E-state index is 0.120. The number of ether oxygens (including phenoxy) is 1. The summed E-state index contributed by atoms with van der Waals surface area (Å²) in [5.74, 6) is 0.983. The first kappa shape index (κ1) is 15.5. The lowest BCUT2D eigenvalue weighted by molar-refractivity contribution is 0.0737. The van der Waals surface area contributed by atoms with Crippen LogP contribution in [0.4, 0.5) is 5.69 Å². The molecule has 0 aliphatic carbocycles. The van der Waals surface area contributed by atoms with Crippen LogP contribution in [0.1, 0.15) is 16.2 Å². The largest absolute Gasteiger partial charge is 0.497 e. The van der Waals surface area contributed by atoms with Crippen LogP contribution >= 0.6 is 0 Å². The van der Waals surface area contributed by atoms with Crippen molar-refractivity contribution in [2.24, 2.45) is 7.05 Å². The van der Waals surface area contributed by atoms with Crippen molar-refractivity contribution in [1.82, 2.24) is 9.47 Å². The molecule has 0 radical (unpaired) electrons. The number of rotatable bonds is 3. The van der Waals surface area contributed by atoms with Crippen molar-refractivity contribution in [2.45, 2.75) is 6.92 Å². The maximum Gasteiger partial charge on any atom is 0.270 e. The first-order valence-electron chi connectivity index (χ1n) is 7.91. The summed E-state index contributed by atoms with van der Waals surface area (Å²) in [6.07, 6.45) is 0. The molecule has 1 amide bonds. The van der Waals surface area contributed by atoms with Gasteiger partial charge in [-0.3, -0.25) is 4.79 Å². The lowest BCUT2D eigenvalue weighted by Gasteiger charge is -2.36. The predicted octanol–water partition coefficient (Wildman–Crippen LogP) is 2.30. The molecule has 1 aliphatic rings. The molecule has 0 N–H and O–H groups in total. The van der Waals surface area contributed by atoms with Gasteiger partial charge in [-0.05, 0) is 43.3 Å². The summed E-state index contributed by atoms with van der Waals surface area (Å²) in [5, 5.41) is 0. The van der Waals surface area contributed by atoms with Crippen molar-refractivity contribution in [2.75, 3.05) is 38.2 Å². The van der Waals surface area contributed by atoms with E-state index in [-0.39, 0.29) is 5.91 Å². The number of hydrogen-bond acceptors (Lipinski definition) is 3. The van der Waals surface area contributed by atoms with Gasteiger partial charge in [0, 0.05) is 44.6 Å². The standard InChI is InChI=1S/C18H23N3O2/c1-14-4-9-17(19(14)2)18(22)21-12-10-20(11-13-21)15-5-7-16(23-3)8-6-15/h4-9H,10-13H2,1-3H3. The van der Waals surface area contributed by atoms with Crippen molar-refractivity contribution in [3.8, 4) is 5.75 Å².